The van der Waals surface area contributed by atoms with Crippen molar-refractivity contribution in [3.63, 3.8) is 0 Å². The average Bonchev–Trinajstić information content (AvgIpc) is 2.84. The van der Waals surface area contributed by atoms with E-state index in [1.54, 1.807) is 12.1 Å². The van der Waals surface area contributed by atoms with Gasteiger partial charge in [-0.25, -0.2) is 0 Å². The van der Waals surface area contributed by atoms with Gasteiger partial charge in [0.1, 0.15) is 11.5 Å². The van der Waals surface area contributed by atoms with E-state index < -0.39 is 10.1 Å². The fourth-order valence-electron chi connectivity index (χ4n) is 2.66. The summed E-state index contributed by atoms with van der Waals surface area (Å²) in [6, 6.07) is 6.42. The smallest absolute Gasteiger partial charge is 0.294 e. The van der Waals surface area contributed by atoms with Crippen molar-refractivity contribution >= 4 is 26.8 Å². The van der Waals surface area contributed by atoms with E-state index in [0.717, 1.165) is 29.9 Å². The highest BCUT2D eigenvalue weighted by Crippen LogP contribution is 2.27. The lowest BCUT2D eigenvalue weighted by Gasteiger charge is -2.15. The second-order valence-electron chi connectivity index (χ2n) is 7.28. The van der Waals surface area contributed by atoms with Crippen molar-refractivity contribution in [3.8, 4) is 0 Å². The van der Waals surface area contributed by atoms with Crippen LogP contribution in [-0.4, -0.2) is 36.0 Å². The molecule has 0 spiro atoms. The Bertz CT molecular complexity index is 657. The predicted molar refractivity (Wildman–Crippen MR) is 94.5 cm³/mol. The monoisotopic (exact) mass is 357 g/mol. The SMILES string of the molecule is CC(C)(C)C(=O)C[S+]1CCC(Cc2ccc(S(=O)(=O)O)cc2)C1. The van der Waals surface area contributed by atoms with Crippen molar-refractivity contribution in [2.75, 3.05) is 17.3 Å². The molecule has 0 radical (unpaired) electrons. The van der Waals surface area contributed by atoms with Gasteiger partial charge in [0.2, 0.25) is 0 Å². The van der Waals surface area contributed by atoms with Gasteiger partial charge in [-0.3, -0.25) is 9.35 Å². The van der Waals surface area contributed by atoms with E-state index in [4.69, 9.17) is 4.55 Å². The van der Waals surface area contributed by atoms with Gasteiger partial charge < -0.3 is 0 Å². The number of hydrogen-bond donors (Lipinski definition) is 1. The van der Waals surface area contributed by atoms with Crippen LogP contribution < -0.4 is 0 Å². The Labute approximate surface area is 141 Å². The highest BCUT2D eigenvalue weighted by atomic mass is 32.2. The Morgan fingerprint density at radius 3 is 2.39 bits per heavy atom. The molecular weight excluding hydrogens is 332 g/mol. The quantitative estimate of drug-likeness (QED) is 0.650. The minimum Gasteiger partial charge on any atom is -0.294 e. The summed E-state index contributed by atoms with van der Waals surface area (Å²) in [4.78, 5) is 12.1. The number of carbonyl (C=O) groups excluding carboxylic acids is 1. The fraction of sp³-hybridized carbons (Fsp3) is 0.588. The lowest BCUT2D eigenvalue weighted by molar-refractivity contribution is -0.123. The zero-order valence-electron chi connectivity index (χ0n) is 13.9. The minimum atomic E-state index is -4.12. The summed E-state index contributed by atoms with van der Waals surface area (Å²) in [6.07, 6.45) is 2.03. The normalized spacial score (nSPS) is 22.3. The minimum absolute atomic E-state index is 0.0665. The first kappa shape index (κ1) is 18.5. The lowest BCUT2D eigenvalue weighted by Crippen LogP contribution is -2.29. The molecule has 1 fully saturated rings. The van der Waals surface area contributed by atoms with Crippen molar-refractivity contribution in [1.82, 2.24) is 0 Å². The van der Waals surface area contributed by atoms with E-state index in [0.29, 0.717) is 17.5 Å². The molecule has 0 aromatic heterocycles. The summed E-state index contributed by atoms with van der Waals surface area (Å²) < 4.78 is 31.1. The maximum absolute atomic E-state index is 12.1. The molecule has 1 N–H and O–H groups in total. The molecule has 128 valence electrons. The van der Waals surface area contributed by atoms with Crippen LogP contribution in [0.2, 0.25) is 0 Å². The zero-order valence-corrected chi connectivity index (χ0v) is 15.5. The van der Waals surface area contributed by atoms with E-state index in [1.807, 2.05) is 20.8 Å². The predicted octanol–water partition coefficient (Wildman–Crippen LogP) is 2.73. The molecular formula is C17H25O4S2+. The van der Waals surface area contributed by atoms with Crippen LogP contribution in [0.1, 0.15) is 32.8 Å². The first-order valence-corrected chi connectivity index (χ1v) is 11.0. The summed E-state index contributed by atoms with van der Waals surface area (Å²) in [5.74, 6) is 3.81. The van der Waals surface area contributed by atoms with Crippen LogP contribution in [0, 0.1) is 11.3 Å². The first-order chi connectivity index (χ1) is 10.6. The van der Waals surface area contributed by atoms with Crippen LogP contribution in [0.4, 0.5) is 0 Å². The second kappa shape index (κ2) is 6.95. The first-order valence-electron chi connectivity index (χ1n) is 7.79. The van der Waals surface area contributed by atoms with E-state index in [-0.39, 0.29) is 21.2 Å². The fourth-order valence-corrected chi connectivity index (χ4v) is 5.99. The number of ketones is 1. The van der Waals surface area contributed by atoms with Gasteiger partial charge >= 0.3 is 0 Å². The van der Waals surface area contributed by atoms with Gasteiger partial charge in [0.25, 0.3) is 10.1 Å². The van der Waals surface area contributed by atoms with Crippen LogP contribution in [0.3, 0.4) is 0 Å². The van der Waals surface area contributed by atoms with Crippen LogP contribution >= 0.6 is 0 Å². The third-order valence-electron chi connectivity index (χ3n) is 4.20. The van der Waals surface area contributed by atoms with Gasteiger partial charge in [0, 0.05) is 11.3 Å². The maximum Gasteiger partial charge on any atom is 0.294 e. The number of rotatable bonds is 5. The van der Waals surface area contributed by atoms with E-state index in [2.05, 4.69) is 0 Å². The van der Waals surface area contributed by atoms with Crippen LogP contribution in [0.15, 0.2) is 29.2 Å². The maximum atomic E-state index is 12.1. The molecule has 0 aliphatic carbocycles. The Morgan fingerprint density at radius 1 is 1.26 bits per heavy atom. The highest BCUT2D eigenvalue weighted by Gasteiger charge is 2.37. The molecule has 2 unspecified atom stereocenters. The number of hydrogen-bond acceptors (Lipinski definition) is 3. The molecule has 23 heavy (non-hydrogen) atoms. The topological polar surface area (TPSA) is 71.4 Å². The molecule has 1 aliphatic heterocycles. The summed E-state index contributed by atoms with van der Waals surface area (Å²) in [5.41, 5.74) is 0.825. The van der Waals surface area contributed by atoms with Gasteiger partial charge in [-0.05, 0) is 41.4 Å². The Hall–Kier alpha value is -0.850. The molecule has 0 saturated carbocycles. The van der Waals surface area contributed by atoms with Gasteiger partial charge in [-0.1, -0.05) is 32.9 Å². The zero-order chi connectivity index (χ0) is 17.3. The third-order valence-corrected chi connectivity index (χ3v) is 7.50. The van der Waals surface area contributed by atoms with E-state index >= 15 is 0 Å². The Kier molecular flexibility index (Phi) is 5.59. The molecule has 6 heteroatoms. The summed E-state index contributed by atoms with van der Waals surface area (Å²) in [6.45, 7) is 5.93. The molecule has 0 bridgehead atoms. The van der Waals surface area contributed by atoms with Crippen molar-refractivity contribution in [2.24, 2.45) is 11.3 Å². The summed E-state index contributed by atoms with van der Waals surface area (Å²) >= 11 is 0. The standard InChI is InChI=1S/C17H24O4S2/c1-17(2,3)16(18)12-22-9-8-14(11-22)10-13-4-6-15(7-5-13)23(19,20)21/h4-7,14H,8-12H2,1-3H3/p+1. The lowest BCUT2D eigenvalue weighted by atomic mass is 9.92. The molecule has 1 heterocycles. The largest absolute Gasteiger partial charge is 0.294 e. The van der Waals surface area contributed by atoms with Crippen LogP contribution in [0.5, 0.6) is 0 Å². The number of carbonyl (C=O) groups is 1. The molecule has 2 rings (SSSR count). The van der Waals surface area contributed by atoms with Crippen molar-refractivity contribution < 1.29 is 17.8 Å². The molecule has 1 aromatic rings. The Morgan fingerprint density at radius 2 is 1.87 bits per heavy atom. The van der Waals surface area contributed by atoms with Crippen molar-refractivity contribution in [3.05, 3.63) is 29.8 Å². The molecule has 2 atom stereocenters. The number of benzene rings is 1. The molecule has 1 saturated heterocycles. The van der Waals surface area contributed by atoms with E-state index in [1.165, 1.54) is 12.1 Å². The summed E-state index contributed by atoms with van der Waals surface area (Å²) in [7, 11) is -3.93. The third kappa shape index (κ3) is 5.33. The molecule has 1 aliphatic rings. The van der Waals surface area contributed by atoms with Gasteiger partial charge in [-0.15, -0.1) is 0 Å². The van der Waals surface area contributed by atoms with Gasteiger partial charge in [-0.2, -0.15) is 8.42 Å². The van der Waals surface area contributed by atoms with Crippen LogP contribution in [-0.2, 0) is 32.2 Å². The average molecular weight is 358 g/mol. The Balaban J connectivity index is 1.90. The van der Waals surface area contributed by atoms with Gasteiger partial charge in [0.15, 0.2) is 11.5 Å². The molecule has 0 amide bonds. The highest BCUT2D eigenvalue weighted by molar-refractivity contribution is 7.97. The number of Topliss-reactive ketones (excluding diaryl/α,β-unsaturated/α-hetero) is 1. The molecule has 1 aromatic carbocycles. The van der Waals surface area contributed by atoms with E-state index in [9.17, 15) is 13.2 Å². The molecule has 4 nitrogen and oxygen atoms in total. The van der Waals surface area contributed by atoms with Gasteiger partial charge in [0.05, 0.1) is 4.90 Å². The van der Waals surface area contributed by atoms with Crippen LogP contribution in [0.25, 0.3) is 0 Å². The van der Waals surface area contributed by atoms with Crippen molar-refractivity contribution in [1.29, 1.82) is 0 Å². The van der Waals surface area contributed by atoms with Crippen molar-refractivity contribution in [2.45, 2.75) is 38.5 Å². The summed E-state index contributed by atoms with van der Waals surface area (Å²) in [5, 5.41) is 0. The second-order valence-corrected chi connectivity index (χ2v) is 11.0.